The zero-order valence-corrected chi connectivity index (χ0v) is 13.7. The minimum Gasteiger partial charge on any atom is -0.493 e. The molecule has 2 aromatic carbocycles. The number of anilines is 1. The second kappa shape index (κ2) is 7.00. The third kappa shape index (κ3) is 3.46. The Morgan fingerprint density at radius 2 is 1.75 bits per heavy atom. The van der Waals surface area contributed by atoms with Crippen LogP contribution in [0.25, 0.3) is 10.8 Å². The smallest absolute Gasteiger partial charge is 0.290 e. The van der Waals surface area contributed by atoms with Crippen LogP contribution in [-0.2, 0) is 11.3 Å². The first-order chi connectivity index (χ1) is 11.7. The molecule has 3 aromatic rings. The number of carbonyl (C=O) groups excluding carboxylic acids is 1. The average molecular weight is 323 g/mol. The molecule has 5 heteroatoms. The predicted molar refractivity (Wildman–Crippen MR) is 92.3 cm³/mol. The number of ether oxygens (including phenoxy) is 2. The molecular formula is C19H19N2O3+. The van der Waals surface area contributed by atoms with Crippen molar-refractivity contribution < 1.29 is 18.8 Å². The lowest BCUT2D eigenvalue weighted by atomic mass is 10.2. The standard InChI is InChI=1S/C19H18N2O3/c1-23-17-8-7-16(11-18(17)24-2)20-19(22)13-21-10-9-14-5-3-4-6-15(14)12-21/h3-12H,13H2,1-2H3/p+1. The van der Waals surface area contributed by atoms with Gasteiger partial charge in [-0.3, -0.25) is 4.79 Å². The van der Waals surface area contributed by atoms with Crippen LogP contribution in [0.4, 0.5) is 5.69 Å². The molecule has 1 aromatic heterocycles. The zero-order chi connectivity index (χ0) is 16.9. The molecule has 0 atom stereocenters. The second-order valence-corrected chi connectivity index (χ2v) is 5.36. The summed E-state index contributed by atoms with van der Waals surface area (Å²) in [6.45, 7) is 0.235. The van der Waals surface area contributed by atoms with E-state index >= 15 is 0 Å². The lowest BCUT2D eigenvalue weighted by Crippen LogP contribution is -2.39. The van der Waals surface area contributed by atoms with Gasteiger partial charge >= 0.3 is 0 Å². The summed E-state index contributed by atoms with van der Waals surface area (Å²) in [7, 11) is 3.14. The number of hydrogen-bond donors (Lipinski definition) is 1. The van der Waals surface area contributed by atoms with Crippen LogP contribution in [0.1, 0.15) is 0 Å². The first kappa shape index (κ1) is 15.8. The highest BCUT2D eigenvalue weighted by Gasteiger charge is 2.12. The Kier molecular flexibility index (Phi) is 4.61. The normalized spacial score (nSPS) is 10.4. The van der Waals surface area contributed by atoms with E-state index < -0.39 is 0 Å². The second-order valence-electron chi connectivity index (χ2n) is 5.36. The van der Waals surface area contributed by atoms with Gasteiger partial charge in [0.15, 0.2) is 23.9 Å². The van der Waals surface area contributed by atoms with Crippen LogP contribution in [0.2, 0.25) is 0 Å². The van der Waals surface area contributed by atoms with Crippen molar-refractivity contribution in [2.75, 3.05) is 19.5 Å². The van der Waals surface area contributed by atoms with Crippen LogP contribution in [0.3, 0.4) is 0 Å². The molecule has 5 nitrogen and oxygen atoms in total. The topological polar surface area (TPSA) is 51.4 Å². The molecule has 0 bridgehead atoms. The van der Waals surface area contributed by atoms with E-state index in [4.69, 9.17) is 9.47 Å². The molecule has 1 N–H and O–H groups in total. The molecule has 0 aliphatic rings. The maximum Gasteiger partial charge on any atom is 0.290 e. The molecular weight excluding hydrogens is 304 g/mol. The highest BCUT2D eigenvalue weighted by molar-refractivity contribution is 5.90. The van der Waals surface area contributed by atoms with Gasteiger partial charge in [0.05, 0.1) is 14.2 Å². The van der Waals surface area contributed by atoms with E-state index in [2.05, 4.69) is 5.32 Å². The van der Waals surface area contributed by atoms with Crippen LogP contribution >= 0.6 is 0 Å². The lowest BCUT2D eigenvalue weighted by molar-refractivity contribution is -0.682. The molecule has 0 saturated heterocycles. The quantitative estimate of drug-likeness (QED) is 0.735. The number of benzene rings is 2. The number of amides is 1. The summed E-state index contributed by atoms with van der Waals surface area (Å²) in [6, 6.07) is 15.3. The molecule has 3 rings (SSSR count). The number of hydrogen-bond acceptors (Lipinski definition) is 3. The summed E-state index contributed by atoms with van der Waals surface area (Å²) in [6.07, 6.45) is 3.86. The number of pyridine rings is 1. The third-order valence-electron chi connectivity index (χ3n) is 3.74. The summed E-state index contributed by atoms with van der Waals surface area (Å²) in [5.74, 6) is 1.09. The Balaban J connectivity index is 1.72. The van der Waals surface area contributed by atoms with Crippen LogP contribution in [0, 0.1) is 0 Å². The van der Waals surface area contributed by atoms with Gasteiger partial charge in [0.2, 0.25) is 6.54 Å². The fourth-order valence-electron chi connectivity index (χ4n) is 2.56. The van der Waals surface area contributed by atoms with Gasteiger partial charge in [-0.2, -0.15) is 4.57 Å². The minimum atomic E-state index is -0.109. The van der Waals surface area contributed by atoms with E-state index in [1.807, 2.05) is 47.3 Å². The third-order valence-corrected chi connectivity index (χ3v) is 3.74. The Labute approximate surface area is 140 Å². The van der Waals surface area contributed by atoms with Crippen molar-refractivity contribution in [3.8, 4) is 11.5 Å². The number of nitrogens with one attached hydrogen (secondary N) is 1. The van der Waals surface area contributed by atoms with Crippen LogP contribution < -0.4 is 19.4 Å². The maximum absolute atomic E-state index is 12.3. The first-order valence-electron chi connectivity index (χ1n) is 7.59. The van der Waals surface area contributed by atoms with Crippen molar-refractivity contribution in [2.45, 2.75) is 6.54 Å². The van der Waals surface area contributed by atoms with Gasteiger partial charge < -0.3 is 14.8 Å². The highest BCUT2D eigenvalue weighted by atomic mass is 16.5. The van der Waals surface area contributed by atoms with Gasteiger partial charge in [0.25, 0.3) is 5.91 Å². The van der Waals surface area contributed by atoms with Gasteiger partial charge in [-0.25, -0.2) is 0 Å². The van der Waals surface area contributed by atoms with Crippen molar-refractivity contribution in [2.24, 2.45) is 0 Å². The molecule has 0 spiro atoms. The minimum absolute atomic E-state index is 0.109. The van der Waals surface area contributed by atoms with E-state index in [0.717, 1.165) is 10.8 Å². The van der Waals surface area contributed by atoms with E-state index in [1.165, 1.54) is 0 Å². The molecule has 1 heterocycles. The SMILES string of the molecule is COc1ccc(NC(=O)C[n+]2ccc3ccccc3c2)cc1OC. The molecule has 24 heavy (non-hydrogen) atoms. The number of fused-ring (bicyclic) bond motifs is 1. The lowest BCUT2D eigenvalue weighted by Gasteiger charge is -2.10. The van der Waals surface area contributed by atoms with Crippen molar-refractivity contribution >= 4 is 22.4 Å². The van der Waals surface area contributed by atoms with Gasteiger partial charge in [0.1, 0.15) is 0 Å². The Hall–Kier alpha value is -3.08. The monoisotopic (exact) mass is 323 g/mol. The van der Waals surface area contributed by atoms with Crippen molar-refractivity contribution in [3.63, 3.8) is 0 Å². The summed E-state index contributed by atoms with van der Waals surface area (Å²) in [5, 5.41) is 5.11. The van der Waals surface area contributed by atoms with E-state index in [9.17, 15) is 4.79 Å². The van der Waals surface area contributed by atoms with E-state index in [1.54, 1.807) is 32.4 Å². The maximum atomic E-state index is 12.3. The van der Waals surface area contributed by atoms with Crippen molar-refractivity contribution in [3.05, 3.63) is 60.9 Å². The van der Waals surface area contributed by atoms with Crippen molar-refractivity contribution in [1.82, 2.24) is 0 Å². The Morgan fingerprint density at radius 3 is 2.50 bits per heavy atom. The number of aromatic nitrogens is 1. The molecule has 0 fully saturated rings. The number of carbonyl (C=O) groups is 1. The largest absolute Gasteiger partial charge is 0.493 e. The molecule has 0 aliphatic heterocycles. The Morgan fingerprint density at radius 1 is 1.00 bits per heavy atom. The van der Waals surface area contributed by atoms with Crippen LogP contribution in [0.5, 0.6) is 11.5 Å². The van der Waals surface area contributed by atoms with Gasteiger partial charge in [-0.1, -0.05) is 18.2 Å². The fraction of sp³-hybridized carbons (Fsp3) is 0.158. The van der Waals surface area contributed by atoms with Crippen molar-refractivity contribution in [1.29, 1.82) is 0 Å². The molecule has 122 valence electrons. The molecule has 0 saturated carbocycles. The van der Waals surface area contributed by atoms with Gasteiger partial charge in [-0.15, -0.1) is 0 Å². The fourth-order valence-corrected chi connectivity index (χ4v) is 2.56. The highest BCUT2D eigenvalue weighted by Crippen LogP contribution is 2.29. The van der Waals surface area contributed by atoms with E-state index in [-0.39, 0.29) is 12.5 Å². The average Bonchev–Trinajstić information content (AvgIpc) is 2.61. The summed E-state index contributed by atoms with van der Waals surface area (Å²) < 4.78 is 12.3. The van der Waals surface area contributed by atoms with E-state index in [0.29, 0.717) is 17.2 Å². The molecule has 0 unspecified atom stereocenters. The summed E-state index contributed by atoms with van der Waals surface area (Å²) in [5.41, 5.74) is 0.666. The Bertz CT molecular complexity index is 877. The van der Waals surface area contributed by atoms with Crippen LogP contribution in [0.15, 0.2) is 60.9 Å². The number of nitrogens with zero attached hydrogens (tertiary/aromatic N) is 1. The zero-order valence-electron chi connectivity index (χ0n) is 13.7. The first-order valence-corrected chi connectivity index (χ1v) is 7.59. The van der Waals surface area contributed by atoms with Gasteiger partial charge in [0, 0.05) is 23.2 Å². The number of methoxy groups -OCH3 is 2. The molecule has 0 aliphatic carbocycles. The van der Waals surface area contributed by atoms with Crippen LogP contribution in [-0.4, -0.2) is 20.1 Å². The molecule has 1 amide bonds. The predicted octanol–water partition coefficient (Wildman–Crippen LogP) is 2.78. The number of rotatable bonds is 5. The summed E-state index contributed by atoms with van der Waals surface area (Å²) in [4.78, 5) is 12.3. The summed E-state index contributed by atoms with van der Waals surface area (Å²) >= 11 is 0. The van der Waals surface area contributed by atoms with Gasteiger partial charge in [-0.05, 0) is 23.6 Å². The molecule has 0 radical (unpaired) electrons.